The van der Waals surface area contributed by atoms with Crippen molar-refractivity contribution in [2.24, 2.45) is 16.7 Å². The number of halogens is 2. The highest BCUT2D eigenvalue weighted by molar-refractivity contribution is 6.31. The zero-order chi connectivity index (χ0) is 13.3. The van der Waals surface area contributed by atoms with Gasteiger partial charge in [0, 0.05) is 13.1 Å². The number of hydrazone groups is 1. The zero-order valence-corrected chi connectivity index (χ0v) is 10.5. The smallest absolute Gasteiger partial charge is 0.157 e. The van der Waals surface area contributed by atoms with Crippen molar-refractivity contribution < 1.29 is 9.13 Å². The molecule has 8 heteroatoms. The first kappa shape index (κ1) is 12.7. The predicted octanol–water partition coefficient (Wildman–Crippen LogP) is 0.391. The second-order valence-electron chi connectivity index (χ2n) is 3.79. The van der Waals surface area contributed by atoms with Gasteiger partial charge in [0.05, 0.1) is 22.8 Å². The van der Waals surface area contributed by atoms with Crippen molar-refractivity contribution in [3.8, 4) is 5.75 Å². The number of ether oxygens (including phenoxy) is 1. The van der Waals surface area contributed by atoms with E-state index in [0.717, 1.165) is 0 Å². The Hall–Kier alpha value is -1.73. The molecule has 18 heavy (non-hydrogen) atoms. The largest absolute Gasteiger partial charge is 0.489 e. The van der Waals surface area contributed by atoms with Crippen LogP contribution in [-0.4, -0.2) is 26.0 Å². The van der Waals surface area contributed by atoms with E-state index in [-0.39, 0.29) is 16.4 Å². The average molecular weight is 274 g/mol. The summed E-state index contributed by atoms with van der Waals surface area (Å²) in [6.45, 7) is 1.11. The van der Waals surface area contributed by atoms with E-state index in [1.165, 1.54) is 6.07 Å². The molecule has 0 fully saturated rings. The van der Waals surface area contributed by atoms with E-state index < -0.39 is 5.82 Å². The number of hydrogen-bond acceptors (Lipinski definition) is 5. The Labute approximate surface area is 108 Å². The van der Waals surface area contributed by atoms with Gasteiger partial charge in [-0.1, -0.05) is 11.6 Å². The lowest BCUT2D eigenvalue weighted by Crippen LogP contribution is -2.33. The average Bonchev–Trinajstić information content (AvgIpc) is 2.32. The lowest BCUT2D eigenvalue weighted by atomic mass is 10.1. The van der Waals surface area contributed by atoms with Gasteiger partial charge >= 0.3 is 0 Å². The number of hydrazine groups is 1. The molecular formula is C10H13ClFN5O. The highest BCUT2D eigenvalue weighted by Gasteiger charge is 2.26. The zero-order valence-electron chi connectivity index (χ0n) is 9.70. The Morgan fingerprint density at radius 2 is 2.39 bits per heavy atom. The highest BCUT2D eigenvalue weighted by Crippen LogP contribution is 2.39. The molecule has 0 radical (unpaired) electrons. The van der Waals surface area contributed by atoms with Crippen LogP contribution < -0.4 is 26.7 Å². The number of likely N-dealkylation sites (N-methyl/N-ethyl adjacent to an activating group) is 1. The third kappa shape index (κ3) is 2.02. The van der Waals surface area contributed by atoms with Crippen LogP contribution in [0.25, 0.3) is 0 Å². The van der Waals surface area contributed by atoms with Crippen molar-refractivity contribution in [3.63, 3.8) is 0 Å². The van der Waals surface area contributed by atoms with Gasteiger partial charge in [-0.25, -0.2) is 15.8 Å². The quantitative estimate of drug-likeness (QED) is 0.314. The van der Waals surface area contributed by atoms with E-state index in [2.05, 4.69) is 5.10 Å². The molecule has 0 spiro atoms. The van der Waals surface area contributed by atoms with Gasteiger partial charge in [0.2, 0.25) is 0 Å². The molecule has 0 atom stereocenters. The molecule has 0 amide bonds. The Morgan fingerprint density at radius 1 is 1.67 bits per heavy atom. The summed E-state index contributed by atoms with van der Waals surface area (Å²) in [5.41, 5.74) is 8.31. The Kier molecular flexibility index (Phi) is 3.44. The molecule has 1 aliphatic rings. The second-order valence-corrected chi connectivity index (χ2v) is 4.20. The molecule has 1 aromatic rings. The van der Waals surface area contributed by atoms with Crippen molar-refractivity contribution >= 4 is 23.1 Å². The molecule has 2 rings (SSSR count). The summed E-state index contributed by atoms with van der Waals surface area (Å²) >= 11 is 5.81. The fourth-order valence-corrected chi connectivity index (χ4v) is 2.04. The fraction of sp³-hybridized carbons (Fsp3) is 0.300. The first-order valence-electron chi connectivity index (χ1n) is 5.21. The van der Waals surface area contributed by atoms with Gasteiger partial charge in [-0.15, -0.1) is 5.10 Å². The Bertz CT molecular complexity index is 508. The minimum atomic E-state index is -0.649. The molecule has 0 saturated carbocycles. The maximum atomic E-state index is 14.1. The third-order valence-corrected chi connectivity index (χ3v) is 2.94. The predicted molar refractivity (Wildman–Crippen MR) is 68.2 cm³/mol. The summed E-state index contributed by atoms with van der Waals surface area (Å²) in [4.78, 5) is 1.83. The van der Waals surface area contributed by atoms with Gasteiger partial charge in [-0.2, -0.15) is 0 Å². The standard InChI is InChI=1S/C10H13ClFN5O/c1-17-2-3-18-6-4-5(11)8(12)7(9(6)17)10(13)15-16-14/h4,16H,2-3,14H2,1H3,(H2,13,15). The van der Waals surface area contributed by atoms with Gasteiger partial charge in [0.15, 0.2) is 11.7 Å². The van der Waals surface area contributed by atoms with E-state index in [0.29, 0.717) is 24.6 Å². The number of nitrogens with two attached hydrogens (primary N) is 2. The number of fused-ring (bicyclic) bond motifs is 1. The van der Waals surface area contributed by atoms with E-state index in [1.807, 2.05) is 10.4 Å². The molecule has 0 aromatic heterocycles. The number of amidine groups is 1. The van der Waals surface area contributed by atoms with Crippen molar-refractivity contribution in [3.05, 3.63) is 22.5 Å². The lowest BCUT2D eigenvalue weighted by Gasteiger charge is -2.30. The number of rotatable bonds is 2. The number of hydrogen-bond donors (Lipinski definition) is 3. The molecule has 0 unspecified atom stereocenters. The topological polar surface area (TPSA) is 88.9 Å². The SMILES string of the molecule is CN1CCOc2cc(Cl)c(F)c(/C(N)=N/NN)c21. The molecule has 0 aliphatic carbocycles. The van der Waals surface area contributed by atoms with Crippen molar-refractivity contribution in [2.75, 3.05) is 25.1 Å². The summed E-state index contributed by atoms with van der Waals surface area (Å²) in [5.74, 6) is 4.78. The van der Waals surface area contributed by atoms with Crippen LogP contribution in [0.1, 0.15) is 5.56 Å². The number of nitrogens with one attached hydrogen (secondary N) is 1. The highest BCUT2D eigenvalue weighted by atomic mass is 35.5. The van der Waals surface area contributed by atoms with Gasteiger partial charge in [0.1, 0.15) is 12.4 Å². The monoisotopic (exact) mass is 273 g/mol. The minimum absolute atomic E-state index is 0.0748. The maximum Gasteiger partial charge on any atom is 0.157 e. The van der Waals surface area contributed by atoms with Gasteiger partial charge in [0.25, 0.3) is 0 Å². The molecule has 1 aliphatic heterocycles. The second kappa shape index (κ2) is 4.87. The summed E-state index contributed by atoms with van der Waals surface area (Å²) in [6, 6.07) is 1.43. The lowest BCUT2D eigenvalue weighted by molar-refractivity contribution is 0.310. The van der Waals surface area contributed by atoms with Crippen LogP contribution in [-0.2, 0) is 0 Å². The van der Waals surface area contributed by atoms with Gasteiger partial charge < -0.3 is 15.4 Å². The fourth-order valence-electron chi connectivity index (χ4n) is 1.85. The van der Waals surface area contributed by atoms with E-state index in [4.69, 9.17) is 27.9 Å². The van der Waals surface area contributed by atoms with E-state index in [9.17, 15) is 4.39 Å². The summed E-state index contributed by atoms with van der Waals surface area (Å²) < 4.78 is 19.5. The molecule has 5 N–H and O–H groups in total. The molecular weight excluding hydrogens is 261 g/mol. The molecule has 0 saturated heterocycles. The molecule has 1 aromatic carbocycles. The summed E-state index contributed by atoms with van der Waals surface area (Å²) in [6.07, 6.45) is 0. The Balaban J connectivity index is 2.69. The van der Waals surface area contributed by atoms with Crippen LogP contribution in [0, 0.1) is 5.82 Å². The molecule has 0 bridgehead atoms. The molecule has 98 valence electrons. The van der Waals surface area contributed by atoms with E-state index in [1.54, 1.807) is 7.05 Å². The number of nitrogens with zero attached hydrogens (tertiary/aromatic N) is 2. The van der Waals surface area contributed by atoms with Gasteiger partial charge in [-0.05, 0) is 0 Å². The van der Waals surface area contributed by atoms with Crippen LogP contribution in [0.5, 0.6) is 5.75 Å². The first-order valence-corrected chi connectivity index (χ1v) is 5.59. The number of anilines is 1. The van der Waals surface area contributed by atoms with Crippen molar-refractivity contribution in [1.82, 2.24) is 5.53 Å². The minimum Gasteiger partial charge on any atom is -0.489 e. The van der Waals surface area contributed by atoms with Crippen LogP contribution in [0.3, 0.4) is 0 Å². The summed E-state index contributed by atoms with van der Waals surface area (Å²) in [7, 11) is 1.81. The summed E-state index contributed by atoms with van der Waals surface area (Å²) in [5, 5.41) is 3.51. The molecule has 1 heterocycles. The van der Waals surface area contributed by atoms with E-state index >= 15 is 0 Å². The third-order valence-electron chi connectivity index (χ3n) is 2.66. The molecule has 6 nitrogen and oxygen atoms in total. The van der Waals surface area contributed by atoms with Crippen LogP contribution in [0.4, 0.5) is 10.1 Å². The first-order chi connectivity index (χ1) is 8.56. The van der Waals surface area contributed by atoms with Crippen LogP contribution in [0.15, 0.2) is 11.2 Å². The van der Waals surface area contributed by atoms with Crippen molar-refractivity contribution in [2.45, 2.75) is 0 Å². The van der Waals surface area contributed by atoms with Crippen LogP contribution in [0.2, 0.25) is 5.02 Å². The number of benzene rings is 1. The normalized spacial score (nSPS) is 15.1. The maximum absolute atomic E-state index is 14.1. The van der Waals surface area contributed by atoms with Crippen LogP contribution >= 0.6 is 11.6 Å². The van der Waals surface area contributed by atoms with Crippen molar-refractivity contribution in [1.29, 1.82) is 0 Å². The van der Waals surface area contributed by atoms with Gasteiger partial charge in [-0.3, -0.25) is 0 Å². The Morgan fingerprint density at radius 3 is 3.06 bits per heavy atom.